The number of nitrogens with two attached hydrogens (primary N) is 1. The van der Waals surface area contributed by atoms with Crippen molar-refractivity contribution in [1.82, 2.24) is 15.6 Å². The Balaban J connectivity index is 1.77. The zero-order valence-electron chi connectivity index (χ0n) is 16.8. The summed E-state index contributed by atoms with van der Waals surface area (Å²) in [5, 5.41) is 6.99. The largest absolute Gasteiger partial charge is 0.368 e. The van der Waals surface area contributed by atoms with Crippen LogP contribution in [-0.4, -0.2) is 30.5 Å². The highest BCUT2D eigenvalue weighted by Gasteiger charge is 2.37. The number of aromatic nitrogens is 1. The minimum absolute atomic E-state index is 0.310. The van der Waals surface area contributed by atoms with E-state index in [1.165, 1.54) is 18.4 Å². The van der Waals surface area contributed by atoms with Crippen molar-refractivity contribution in [3.05, 3.63) is 65.5 Å². The first-order valence-corrected chi connectivity index (χ1v) is 10.3. The number of hydrogen-bond donors (Lipinski definition) is 3. The quantitative estimate of drug-likeness (QED) is 0.625. The minimum Gasteiger partial charge on any atom is -0.368 e. The van der Waals surface area contributed by atoms with Gasteiger partial charge in [-0.3, -0.25) is 15.1 Å². The lowest BCUT2D eigenvalue weighted by molar-refractivity contribution is -0.125. The second kappa shape index (κ2) is 9.80. The van der Waals surface area contributed by atoms with Crippen molar-refractivity contribution in [2.45, 2.75) is 44.6 Å². The van der Waals surface area contributed by atoms with Crippen LogP contribution in [0.2, 0.25) is 0 Å². The smallest absolute Gasteiger partial charge is 0.242 e. The van der Waals surface area contributed by atoms with Crippen LogP contribution in [0.25, 0.3) is 0 Å². The SMILES string of the molecule is Cc1ccc(C(CCc2ccncc2)(NCCC2CCNCC2)C(N)=O)cc1. The first-order valence-electron chi connectivity index (χ1n) is 10.3. The molecule has 5 heteroatoms. The monoisotopic (exact) mass is 380 g/mol. The molecule has 1 amide bonds. The van der Waals surface area contributed by atoms with Gasteiger partial charge in [-0.2, -0.15) is 0 Å². The summed E-state index contributed by atoms with van der Waals surface area (Å²) in [5.41, 5.74) is 8.43. The van der Waals surface area contributed by atoms with E-state index in [4.69, 9.17) is 5.73 Å². The van der Waals surface area contributed by atoms with E-state index in [1.807, 2.05) is 36.4 Å². The molecule has 1 unspecified atom stereocenters. The number of nitrogens with zero attached hydrogens (tertiary/aromatic N) is 1. The van der Waals surface area contributed by atoms with Gasteiger partial charge in [-0.15, -0.1) is 0 Å². The molecule has 3 rings (SSSR count). The number of benzene rings is 1. The second-order valence-electron chi connectivity index (χ2n) is 7.90. The summed E-state index contributed by atoms with van der Waals surface area (Å²) in [6.07, 6.45) is 8.44. The normalized spacial score (nSPS) is 17.2. The van der Waals surface area contributed by atoms with Crippen LogP contribution in [-0.2, 0) is 16.8 Å². The third kappa shape index (κ3) is 5.18. The van der Waals surface area contributed by atoms with Crippen LogP contribution in [0.3, 0.4) is 0 Å². The zero-order chi connectivity index (χ0) is 19.8. The van der Waals surface area contributed by atoms with E-state index >= 15 is 0 Å². The van der Waals surface area contributed by atoms with Gasteiger partial charge in [0.25, 0.3) is 0 Å². The van der Waals surface area contributed by atoms with Gasteiger partial charge in [0.1, 0.15) is 5.54 Å². The van der Waals surface area contributed by atoms with Crippen LogP contribution in [0.4, 0.5) is 0 Å². The zero-order valence-corrected chi connectivity index (χ0v) is 16.8. The fourth-order valence-electron chi connectivity index (χ4n) is 4.07. The van der Waals surface area contributed by atoms with E-state index in [9.17, 15) is 4.79 Å². The average Bonchev–Trinajstić information content (AvgIpc) is 2.72. The standard InChI is InChI=1S/C23H32N4O/c1-18-2-4-21(5-3-18)23(22(24)28,12-6-19-7-13-25-14-8-19)27-17-11-20-9-15-26-16-10-20/h2-5,7-8,13-14,20,26-27H,6,9-12,15-17H2,1H3,(H2,24,28). The van der Waals surface area contributed by atoms with Gasteiger partial charge in [-0.1, -0.05) is 29.8 Å². The molecule has 1 aromatic carbocycles. The summed E-state index contributed by atoms with van der Waals surface area (Å²) in [4.78, 5) is 16.8. The van der Waals surface area contributed by atoms with Gasteiger partial charge < -0.3 is 11.1 Å². The molecule has 2 heterocycles. The van der Waals surface area contributed by atoms with Crippen LogP contribution in [0.1, 0.15) is 42.4 Å². The van der Waals surface area contributed by atoms with Crippen LogP contribution in [0.5, 0.6) is 0 Å². The molecule has 0 radical (unpaired) electrons. The van der Waals surface area contributed by atoms with Crippen molar-refractivity contribution < 1.29 is 4.79 Å². The Hall–Kier alpha value is -2.24. The number of primary amides is 1. The Morgan fingerprint density at radius 2 is 1.86 bits per heavy atom. The maximum atomic E-state index is 12.7. The molecular formula is C23H32N4O. The highest BCUT2D eigenvalue weighted by atomic mass is 16.1. The summed E-state index contributed by atoms with van der Waals surface area (Å²) in [6, 6.07) is 12.2. The highest BCUT2D eigenvalue weighted by molar-refractivity contribution is 5.86. The average molecular weight is 381 g/mol. The molecule has 4 N–H and O–H groups in total. The summed E-state index contributed by atoms with van der Waals surface area (Å²) in [5.74, 6) is 0.397. The number of nitrogens with one attached hydrogen (secondary N) is 2. The van der Waals surface area contributed by atoms with Gasteiger partial charge in [0.05, 0.1) is 0 Å². The summed E-state index contributed by atoms with van der Waals surface area (Å²) in [6.45, 7) is 5.02. The predicted octanol–water partition coefficient (Wildman–Crippen LogP) is 2.68. The van der Waals surface area contributed by atoms with E-state index in [-0.39, 0.29) is 5.91 Å². The van der Waals surface area contributed by atoms with Gasteiger partial charge >= 0.3 is 0 Å². The molecule has 2 aromatic rings. The lowest BCUT2D eigenvalue weighted by Gasteiger charge is -2.34. The van der Waals surface area contributed by atoms with Gasteiger partial charge in [0.15, 0.2) is 0 Å². The van der Waals surface area contributed by atoms with E-state index in [0.717, 1.165) is 43.6 Å². The number of aryl methyl sites for hydroxylation is 2. The third-order valence-electron chi connectivity index (χ3n) is 5.94. The van der Waals surface area contributed by atoms with Crippen LogP contribution in [0, 0.1) is 12.8 Å². The molecule has 150 valence electrons. The number of carbonyl (C=O) groups excluding carboxylic acids is 1. The van der Waals surface area contributed by atoms with Crippen molar-refractivity contribution in [3.8, 4) is 0 Å². The first kappa shape index (κ1) is 20.5. The lowest BCUT2D eigenvalue weighted by Crippen LogP contribution is -2.53. The van der Waals surface area contributed by atoms with E-state index in [1.54, 1.807) is 12.4 Å². The third-order valence-corrected chi connectivity index (χ3v) is 5.94. The number of carbonyl (C=O) groups is 1. The maximum absolute atomic E-state index is 12.7. The molecule has 0 spiro atoms. The molecule has 0 bridgehead atoms. The summed E-state index contributed by atoms with van der Waals surface area (Å²) < 4.78 is 0. The maximum Gasteiger partial charge on any atom is 0.242 e. The number of hydrogen-bond acceptors (Lipinski definition) is 4. The van der Waals surface area contributed by atoms with E-state index in [2.05, 4.69) is 22.5 Å². The van der Waals surface area contributed by atoms with Crippen molar-refractivity contribution in [2.24, 2.45) is 11.7 Å². The fourth-order valence-corrected chi connectivity index (χ4v) is 4.07. The predicted molar refractivity (Wildman–Crippen MR) is 113 cm³/mol. The Labute approximate surface area is 168 Å². The molecule has 1 atom stereocenters. The Kier molecular flexibility index (Phi) is 7.18. The molecule has 1 fully saturated rings. The molecular weight excluding hydrogens is 348 g/mol. The fraction of sp³-hybridized carbons (Fsp3) is 0.478. The number of amides is 1. The van der Waals surface area contributed by atoms with Crippen molar-refractivity contribution in [1.29, 1.82) is 0 Å². The van der Waals surface area contributed by atoms with Crippen molar-refractivity contribution >= 4 is 5.91 Å². The second-order valence-corrected chi connectivity index (χ2v) is 7.90. The first-order chi connectivity index (χ1) is 13.6. The van der Waals surface area contributed by atoms with Crippen molar-refractivity contribution in [2.75, 3.05) is 19.6 Å². The van der Waals surface area contributed by atoms with Gasteiger partial charge in [0, 0.05) is 12.4 Å². The Bertz CT molecular complexity index is 741. The van der Waals surface area contributed by atoms with Gasteiger partial charge in [-0.25, -0.2) is 0 Å². The molecule has 0 aliphatic carbocycles. The van der Waals surface area contributed by atoms with Crippen LogP contribution >= 0.6 is 0 Å². The Morgan fingerprint density at radius 1 is 1.18 bits per heavy atom. The van der Waals surface area contributed by atoms with Crippen LogP contribution in [0.15, 0.2) is 48.8 Å². The van der Waals surface area contributed by atoms with Gasteiger partial charge in [0.2, 0.25) is 5.91 Å². The van der Waals surface area contributed by atoms with Crippen LogP contribution < -0.4 is 16.4 Å². The molecule has 1 aliphatic heterocycles. The summed E-state index contributed by atoms with van der Waals surface area (Å²) >= 11 is 0. The highest BCUT2D eigenvalue weighted by Crippen LogP contribution is 2.28. The van der Waals surface area contributed by atoms with Crippen molar-refractivity contribution in [3.63, 3.8) is 0 Å². The molecule has 5 nitrogen and oxygen atoms in total. The molecule has 1 saturated heterocycles. The number of pyridine rings is 1. The molecule has 28 heavy (non-hydrogen) atoms. The van der Waals surface area contributed by atoms with Gasteiger partial charge in [-0.05, 0) is 87.8 Å². The van der Waals surface area contributed by atoms with E-state index in [0.29, 0.717) is 12.3 Å². The van der Waals surface area contributed by atoms with E-state index < -0.39 is 5.54 Å². The number of rotatable bonds is 9. The summed E-state index contributed by atoms with van der Waals surface area (Å²) in [7, 11) is 0. The minimum atomic E-state index is -0.857. The molecule has 1 aromatic heterocycles. The Morgan fingerprint density at radius 3 is 2.50 bits per heavy atom. The topological polar surface area (TPSA) is 80.0 Å². The lowest BCUT2D eigenvalue weighted by atomic mass is 9.82. The molecule has 0 saturated carbocycles. The number of piperidine rings is 1. The molecule has 1 aliphatic rings.